The van der Waals surface area contributed by atoms with Gasteiger partial charge in [-0.15, -0.1) is 0 Å². The topological polar surface area (TPSA) is 20.3 Å². The van der Waals surface area contributed by atoms with E-state index in [1.165, 1.54) is 6.42 Å². The van der Waals surface area contributed by atoms with Crippen molar-refractivity contribution >= 4 is 5.78 Å². The Kier molecular flexibility index (Phi) is 2.45. The molecule has 2 bridgehead atoms. The van der Waals surface area contributed by atoms with Crippen LogP contribution in [-0.4, -0.2) is 29.3 Å². The number of fused-ring (bicyclic) bond motifs is 2. The van der Waals surface area contributed by atoms with Gasteiger partial charge in [-0.05, 0) is 33.6 Å². The van der Waals surface area contributed by atoms with Crippen LogP contribution in [0.5, 0.6) is 0 Å². The normalized spacial score (nSPS) is 38.1. The van der Waals surface area contributed by atoms with Crippen molar-refractivity contribution in [2.24, 2.45) is 11.3 Å². The smallest absolute Gasteiger partial charge is 0.144 e. The minimum atomic E-state index is -0.0472. The van der Waals surface area contributed by atoms with Crippen molar-refractivity contribution in [1.29, 1.82) is 0 Å². The molecule has 1 aliphatic carbocycles. The van der Waals surface area contributed by atoms with E-state index in [4.69, 9.17) is 0 Å². The zero-order chi connectivity index (χ0) is 11.3. The summed E-state index contributed by atoms with van der Waals surface area (Å²) in [5, 5.41) is 0. The van der Waals surface area contributed by atoms with E-state index in [-0.39, 0.29) is 11.0 Å². The van der Waals surface area contributed by atoms with Crippen molar-refractivity contribution in [2.75, 3.05) is 13.1 Å². The first-order chi connectivity index (χ1) is 6.83. The summed E-state index contributed by atoms with van der Waals surface area (Å²) in [4.78, 5) is 14.7. The molecule has 15 heavy (non-hydrogen) atoms. The molecule has 1 aliphatic heterocycles. The standard InChI is InChI=1S/C13H23NO/c1-12(2,3)14-8-10-6-5-7-13(4,9-14)11(10)15/h10H,5-9H2,1-4H3. The minimum absolute atomic E-state index is 0.0472. The van der Waals surface area contributed by atoms with Crippen molar-refractivity contribution in [2.45, 2.75) is 52.5 Å². The second kappa shape index (κ2) is 3.31. The summed E-state index contributed by atoms with van der Waals surface area (Å²) in [6.45, 7) is 10.9. The van der Waals surface area contributed by atoms with Crippen molar-refractivity contribution < 1.29 is 4.79 Å². The van der Waals surface area contributed by atoms with E-state index in [1.807, 2.05) is 0 Å². The molecule has 1 saturated heterocycles. The molecule has 2 fully saturated rings. The van der Waals surface area contributed by atoms with E-state index < -0.39 is 0 Å². The molecule has 86 valence electrons. The Labute approximate surface area is 93.0 Å². The molecule has 2 rings (SSSR count). The van der Waals surface area contributed by atoms with E-state index in [2.05, 4.69) is 32.6 Å². The van der Waals surface area contributed by atoms with Gasteiger partial charge in [-0.3, -0.25) is 9.69 Å². The molecule has 2 nitrogen and oxygen atoms in total. The van der Waals surface area contributed by atoms with Crippen LogP contribution in [-0.2, 0) is 4.79 Å². The number of Topliss-reactive ketones (excluding diaryl/α,β-unsaturated/α-hetero) is 1. The maximum absolute atomic E-state index is 12.2. The highest BCUT2D eigenvalue weighted by Crippen LogP contribution is 2.42. The lowest BCUT2D eigenvalue weighted by molar-refractivity contribution is -0.145. The lowest BCUT2D eigenvalue weighted by atomic mass is 9.66. The van der Waals surface area contributed by atoms with Gasteiger partial charge in [0.25, 0.3) is 0 Å². The average Bonchev–Trinajstić information content (AvgIpc) is 2.06. The summed E-state index contributed by atoms with van der Waals surface area (Å²) in [5.74, 6) is 0.853. The predicted octanol–water partition coefficient (Wildman–Crippen LogP) is 2.48. The van der Waals surface area contributed by atoms with Crippen LogP contribution >= 0.6 is 0 Å². The summed E-state index contributed by atoms with van der Waals surface area (Å²) in [6, 6.07) is 0. The van der Waals surface area contributed by atoms with Gasteiger partial charge in [0, 0.05) is 30.0 Å². The first kappa shape index (κ1) is 11.1. The van der Waals surface area contributed by atoms with Crippen LogP contribution < -0.4 is 0 Å². The summed E-state index contributed by atoms with van der Waals surface area (Å²) in [6.07, 6.45) is 3.45. The fourth-order valence-corrected chi connectivity index (χ4v) is 3.08. The zero-order valence-corrected chi connectivity index (χ0v) is 10.5. The van der Waals surface area contributed by atoms with Crippen LogP contribution in [0.2, 0.25) is 0 Å². The second-order valence-electron chi connectivity index (χ2n) is 6.57. The van der Waals surface area contributed by atoms with E-state index >= 15 is 0 Å². The predicted molar refractivity (Wildman–Crippen MR) is 61.8 cm³/mol. The molecule has 0 radical (unpaired) electrons. The molecule has 0 aromatic rings. The van der Waals surface area contributed by atoms with Crippen LogP contribution in [0.3, 0.4) is 0 Å². The van der Waals surface area contributed by atoms with Crippen LogP contribution in [0.1, 0.15) is 47.0 Å². The number of likely N-dealkylation sites (tertiary alicyclic amines) is 1. The number of carbonyl (C=O) groups is 1. The van der Waals surface area contributed by atoms with Gasteiger partial charge in [0.05, 0.1) is 0 Å². The third kappa shape index (κ3) is 1.84. The van der Waals surface area contributed by atoms with Gasteiger partial charge in [0.1, 0.15) is 5.78 Å². The highest BCUT2D eigenvalue weighted by atomic mass is 16.1. The molecular weight excluding hydrogens is 186 g/mol. The molecule has 0 aromatic heterocycles. The average molecular weight is 209 g/mol. The van der Waals surface area contributed by atoms with Gasteiger partial charge in [-0.1, -0.05) is 13.3 Å². The molecular formula is C13H23NO. The van der Waals surface area contributed by atoms with Crippen molar-refractivity contribution in [3.05, 3.63) is 0 Å². The first-order valence-corrected chi connectivity index (χ1v) is 6.12. The van der Waals surface area contributed by atoms with Crippen molar-refractivity contribution in [3.63, 3.8) is 0 Å². The van der Waals surface area contributed by atoms with Crippen LogP contribution in [0.4, 0.5) is 0 Å². The Morgan fingerprint density at radius 3 is 2.60 bits per heavy atom. The highest BCUT2D eigenvalue weighted by Gasteiger charge is 2.48. The lowest BCUT2D eigenvalue weighted by Gasteiger charge is -2.51. The van der Waals surface area contributed by atoms with Crippen LogP contribution in [0.15, 0.2) is 0 Å². The molecule has 2 atom stereocenters. The molecule has 2 unspecified atom stereocenters. The number of ketones is 1. The summed E-state index contributed by atoms with van der Waals surface area (Å²) in [5.41, 5.74) is 0.159. The molecule has 0 amide bonds. The SMILES string of the molecule is CC12CCCC(CN(C(C)(C)C)C1)C2=O. The Bertz CT molecular complexity index is 279. The van der Waals surface area contributed by atoms with E-state index in [1.54, 1.807) is 0 Å². The molecule has 0 aromatic carbocycles. The van der Waals surface area contributed by atoms with Gasteiger partial charge >= 0.3 is 0 Å². The van der Waals surface area contributed by atoms with Crippen LogP contribution in [0.25, 0.3) is 0 Å². The third-order valence-electron chi connectivity index (χ3n) is 4.18. The van der Waals surface area contributed by atoms with Crippen molar-refractivity contribution in [1.82, 2.24) is 4.90 Å². The molecule has 0 N–H and O–H groups in total. The molecule has 2 heteroatoms. The third-order valence-corrected chi connectivity index (χ3v) is 4.18. The zero-order valence-electron chi connectivity index (χ0n) is 10.5. The number of piperidine rings is 1. The lowest BCUT2D eigenvalue weighted by Crippen LogP contribution is -2.59. The number of carbonyl (C=O) groups excluding carboxylic acids is 1. The number of hydrogen-bond acceptors (Lipinski definition) is 2. The van der Waals surface area contributed by atoms with Crippen molar-refractivity contribution in [3.8, 4) is 0 Å². The molecule has 1 heterocycles. The van der Waals surface area contributed by atoms with E-state index in [0.717, 1.165) is 25.9 Å². The quantitative estimate of drug-likeness (QED) is 0.611. The van der Waals surface area contributed by atoms with Gasteiger partial charge < -0.3 is 0 Å². The van der Waals surface area contributed by atoms with E-state index in [9.17, 15) is 4.79 Å². The van der Waals surface area contributed by atoms with E-state index in [0.29, 0.717) is 11.7 Å². The fourth-order valence-electron chi connectivity index (χ4n) is 3.08. The van der Waals surface area contributed by atoms with Crippen LogP contribution in [0, 0.1) is 11.3 Å². The summed E-state index contributed by atoms with van der Waals surface area (Å²) in [7, 11) is 0. The number of rotatable bonds is 0. The van der Waals surface area contributed by atoms with Gasteiger partial charge in [-0.25, -0.2) is 0 Å². The molecule has 1 saturated carbocycles. The van der Waals surface area contributed by atoms with Gasteiger partial charge in [0.2, 0.25) is 0 Å². The summed E-state index contributed by atoms with van der Waals surface area (Å²) >= 11 is 0. The van der Waals surface area contributed by atoms with Gasteiger partial charge in [0.15, 0.2) is 0 Å². The number of nitrogens with zero attached hydrogens (tertiary/aromatic N) is 1. The Morgan fingerprint density at radius 2 is 2.07 bits per heavy atom. The summed E-state index contributed by atoms with van der Waals surface area (Å²) < 4.78 is 0. The Balaban J connectivity index is 2.22. The monoisotopic (exact) mass is 209 g/mol. The fraction of sp³-hybridized carbons (Fsp3) is 0.923. The minimum Gasteiger partial charge on any atom is -0.299 e. The Morgan fingerprint density at radius 1 is 1.40 bits per heavy atom. The highest BCUT2D eigenvalue weighted by molar-refractivity contribution is 5.88. The Hall–Kier alpha value is -0.370. The molecule has 0 spiro atoms. The largest absolute Gasteiger partial charge is 0.299 e. The molecule has 2 aliphatic rings. The first-order valence-electron chi connectivity index (χ1n) is 6.12. The number of hydrogen-bond donors (Lipinski definition) is 0. The van der Waals surface area contributed by atoms with Gasteiger partial charge in [-0.2, -0.15) is 0 Å². The maximum atomic E-state index is 12.2. The maximum Gasteiger partial charge on any atom is 0.144 e. The second-order valence-corrected chi connectivity index (χ2v) is 6.57.